The molecule has 2 N–H and O–H groups in total. The molecule has 2 aromatic carbocycles. The Hall–Kier alpha value is -3.20. The van der Waals surface area contributed by atoms with Gasteiger partial charge in [-0.25, -0.2) is 8.42 Å². The van der Waals surface area contributed by atoms with Gasteiger partial charge in [0, 0.05) is 29.9 Å². The molecule has 0 spiro atoms. The maximum absolute atomic E-state index is 12.3. The Balaban J connectivity index is 2.18. The molecule has 0 bridgehead atoms. The summed E-state index contributed by atoms with van der Waals surface area (Å²) in [7, 11) is -3.98. The van der Waals surface area contributed by atoms with Gasteiger partial charge >= 0.3 is 0 Å². The van der Waals surface area contributed by atoms with Crippen molar-refractivity contribution in [3.63, 3.8) is 0 Å². The molecule has 0 aromatic heterocycles. The highest BCUT2D eigenvalue weighted by Crippen LogP contribution is 2.20. The second-order valence-corrected chi connectivity index (χ2v) is 6.62. The first-order chi connectivity index (χ1) is 11.8. The van der Waals surface area contributed by atoms with E-state index in [4.69, 9.17) is 0 Å². The van der Waals surface area contributed by atoms with Crippen LogP contribution in [0.2, 0.25) is 0 Å². The average Bonchev–Trinajstić information content (AvgIpc) is 2.60. The summed E-state index contributed by atoms with van der Waals surface area (Å²) >= 11 is 0. The number of amides is 1. The highest BCUT2D eigenvalue weighted by atomic mass is 32.2. The Kier molecular flexibility index (Phi) is 5.50. The lowest BCUT2D eigenvalue weighted by molar-refractivity contribution is -0.385. The number of anilines is 1. The van der Waals surface area contributed by atoms with E-state index in [1.54, 1.807) is 6.08 Å². The minimum atomic E-state index is -3.98. The summed E-state index contributed by atoms with van der Waals surface area (Å²) in [6.45, 7) is 3.81. The van der Waals surface area contributed by atoms with E-state index < -0.39 is 14.9 Å². The molecule has 25 heavy (non-hydrogen) atoms. The van der Waals surface area contributed by atoms with Gasteiger partial charge in [0.05, 0.1) is 9.82 Å². The van der Waals surface area contributed by atoms with Crippen LogP contribution < -0.4 is 10.0 Å². The number of carbonyl (C=O) groups excluding carboxylic acids is 1. The molecule has 0 saturated heterocycles. The summed E-state index contributed by atoms with van der Waals surface area (Å²) in [5, 5.41) is 13.4. The number of benzene rings is 2. The van der Waals surface area contributed by atoms with Gasteiger partial charge in [-0.15, -0.1) is 6.58 Å². The normalized spacial score (nSPS) is 10.7. The van der Waals surface area contributed by atoms with Gasteiger partial charge in [-0.05, 0) is 30.3 Å². The minimum Gasteiger partial charge on any atom is -0.349 e. The van der Waals surface area contributed by atoms with E-state index in [0.29, 0.717) is 12.1 Å². The topological polar surface area (TPSA) is 118 Å². The number of rotatable bonds is 7. The Labute approximate surface area is 144 Å². The van der Waals surface area contributed by atoms with Crippen molar-refractivity contribution < 1.29 is 18.1 Å². The highest BCUT2D eigenvalue weighted by molar-refractivity contribution is 7.92. The van der Waals surface area contributed by atoms with Crippen LogP contribution in [0.5, 0.6) is 0 Å². The van der Waals surface area contributed by atoms with E-state index in [1.165, 1.54) is 42.5 Å². The monoisotopic (exact) mass is 361 g/mol. The summed E-state index contributed by atoms with van der Waals surface area (Å²) in [6, 6.07) is 10.5. The molecule has 0 atom stereocenters. The first-order valence-corrected chi connectivity index (χ1v) is 8.58. The Bertz CT molecular complexity index is 908. The molecule has 2 aromatic rings. The molecule has 0 aliphatic rings. The van der Waals surface area contributed by atoms with Gasteiger partial charge in [-0.1, -0.05) is 12.1 Å². The van der Waals surface area contributed by atoms with Crippen LogP contribution in [-0.2, 0) is 10.0 Å². The highest BCUT2D eigenvalue weighted by Gasteiger charge is 2.18. The van der Waals surface area contributed by atoms with E-state index >= 15 is 0 Å². The molecular formula is C16H15N3O5S. The standard InChI is InChI=1S/C16H15N3O5S/c1-2-10-17-16(20)12-6-8-13(9-7-12)18-25(23,24)15-5-3-4-14(11-15)19(21)22/h2-9,11,18H,1,10H2,(H,17,20). The molecule has 8 nitrogen and oxygen atoms in total. The maximum Gasteiger partial charge on any atom is 0.270 e. The minimum absolute atomic E-state index is 0.227. The van der Waals surface area contributed by atoms with Gasteiger partial charge in [0.15, 0.2) is 0 Å². The smallest absolute Gasteiger partial charge is 0.270 e. The number of hydrogen-bond acceptors (Lipinski definition) is 5. The predicted octanol–water partition coefficient (Wildman–Crippen LogP) is 2.31. The second-order valence-electron chi connectivity index (χ2n) is 4.94. The predicted molar refractivity (Wildman–Crippen MR) is 92.9 cm³/mol. The number of nitrogens with one attached hydrogen (secondary N) is 2. The number of sulfonamides is 1. The van der Waals surface area contributed by atoms with Crippen LogP contribution in [0.3, 0.4) is 0 Å². The lowest BCUT2D eigenvalue weighted by Gasteiger charge is -2.09. The van der Waals surface area contributed by atoms with Crippen LogP contribution in [0.4, 0.5) is 11.4 Å². The van der Waals surface area contributed by atoms with E-state index in [2.05, 4.69) is 16.6 Å². The zero-order chi connectivity index (χ0) is 18.4. The molecule has 1 amide bonds. The zero-order valence-electron chi connectivity index (χ0n) is 13.0. The van der Waals surface area contributed by atoms with Crippen LogP contribution in [0, 0.1) is 10.1 Å². The van der Waals surface area contributed by atoms with Gasteiger partial charge in [0.1, 0.15) is 0 Å². The molecule has 130 valence electrons. The molecule has 2 rings (SSSR count). The first kappa shape index (κ1) is 18.1. The summed E-state index contributed by atoms with van der Waals surface area (Å²) in [6.07, 6.45) is 1.54. The van der Waals surface area contributed by atoms with E-state index in [9.17, 15) is 23.3 Å². The average molecular weight is 361 g/mol. The van der Waals surface area contributed by atoms with Crippen molar-refractivity contribution in [2.75, 3.05) is 11.3 Å². The number of nitro groups is 1. The summed E-state index contributed by atoms with van der Waals surface area (Å²) in [5.41, 5.74) is 0.268. The molecule has 0 fully saturated rings. The quantitative estimate of drug-likeness (QED) is 0.446. The van der Waals surface area contributed by atoms with Crippen LogP contribution in [0.15, 0.2) is 66.1 Å². The SMILES string of the molecule is C=CCNC(=O)c1ccc(NS(=O)(=O)c2cccc([N+](=O)[O-])c2)cc1. The zero-order valence-corrected chi connectivity index (χ0v) is 13.8. The third kappa shape index (κ3) is 4.64. The Morgan fingerprint density at radius 3 is 2.48 bits per heavy atom. The van der Waals surface area contributed by atoms with Gasteiger partial charge < -0.3 is 5.32 Å². The molecule has 0 heterocycles. The number of carbonyl (C=O) groups is 1. The third-order valence-corrected chi connectivity index (χ3v) is 4.52. The van der Waals surface area contributed by atoms with Crippen molar-refractivity contribution in [1.82, 2.24) is 5.32 Å². The molecule has 0 unspecified atom stereocenters. The number of hydrogen-bond donors (Lipinski definition) is 2. The lowest BCUT2D eigenvalue weighted by Crippen LogP contribution is -2.23. The molecule has 0 aliphatic heterocycles. The van der Waals surface area contributed by atoms with E-state index in [1.807, 2.05) is 0 Å². The van der Waals surface area contributed by atoms with Gasteiger partial charge in [-0.3, -0.25) is 19.6 Å². The van der Waals surface area contributed by atoms with Crippen molar-refractivity contribution in [2.24, 2.45) is 0 Å². The second kappa shape index (κ2) is 7.58. The van der Waals surface area contributed by atoms with Crippen molar-refractivity contribution in [3.8, 4) is 0 Å². The Morgan fingerprint density at radius 1 is 1.20 bits per heavy atom. The summed E-state index contributed by atoms with van der Waals surface area (Å²) in [5.74, 6) is -0.312. The fourth-order valence-corrected chi connectivity index (χ4v) is 3.03. The largest absolute Gasteiger partial charge is 0.349 e. The molecule has 0 radical (unpaired) electrons. The van der Waals surface area contributed by atoms with Crippen LogP contribution in [0.25, 0.3) is 0 Å². The first-order valence-electron chi connectivity index (χ1n) is 7.10. The van der Waals surface area contributed by atoms with E-state index in [-0.39, 0.29) is 22.2 Å². The van der Waals surface area contributed by atoms with Crippen LogP contribution in [-0.4, -0.2) is 25.8 Å². The molecule has 9 heteroatoms. The molecular weight excluding hydrogens is 346 g/mol. The fourth-order valence-electron chi connectivity index (χ4n) is 1.93. The van der Waals surface area contributed by atoms with Crippen LogP contribution in [0.1, 0.15) is 10.4 Å². The Morgan fingerprint density at radius 2 is 1.88 bits per heavy atom. The summed E-state index contributed by atoms with van der Waals surface area (Å²) in [4.78, 5) is 21.6. The lowest BCUT2D eigenvalue weighted by atomic mass is 10.2. The summed E-state index contributed by atoms with van der Waals surface area (Å²) < 4.78 is 26.9. The van der Waals surface area contributed by atoms with Crippen molar-refractivity contribution in [2.45, 2.75) is 4.90 Å². The van der Waals surface area contributed by atoms with Gasteiger partial charge in [-0.2, -0.15) is 0 Å². The van der Waals surface area contributed by atoms with Crippen molar-refractivity contribution >= 4 is 27.3 Å². The number of nitrogens with zero attached hydrogens (tertiary/aromatic N) is 1. The fraction of sp³-hybridized carbons (Fsp3) is 0.0625. The van der Waals surface area contributed by atoms with E-state index in [0.717, 1.165) is 6.07 Å². The molecule has 0 aliphatic carbocycles. The van der Waals surface area contributed by atoms with Crippen molar-refractivity contribution in [1.29, 1.82) is 0 Å². The van der Waals surface area contributed by atoms with Crippen molar-refractivity contribution in [3.05, 3.63) is 76.9 Å². The third-order valence-electron chi connectivity index (χ3n) is 3.14. The van der Waals surface area contributed by atoms with Crippen LogP contribution >= 0.6 is 0 Å². The van der Waals surface area contributed by atoms with Gasteiger partial charge in [0.2, 0.25) is 0 Å². The molecule has 0 saturated carbocycles. The maximum atomic E-state index is 12.3. The number of non-ortho nitro benzene ring substituents is 1. The van der Waals surface area contributed by atoms with Gasteiger partial charge in [0.25, 0.3) is 21.6 Å². The number of nitro benzene ring substituents is 1.